The Labute approximate surface area is 97.5 Å². The van der Waals surface area contributed by atoms with E-state index >= 15 is 0 Å². The second kappa shape index (κ2) is 7.63. The predicted molar refractivity (Wildman–Crippen MR) is 62.0 cm³/mol. The lowest BCUT2D eigenvalue weighted by molar-refractivity contribution is -0.145. The van der Waals surface area contributed by atoms with Crippen molar-refractivity contribution < 1.29 is 14.3 Å². The number of hydrogen-bond donors (Lipinski definition) is 1. The van der Waals surface area contributed by atoms with Gasteiger partial charge in [-0.3, -0.25) is 4.79 Å². The van der Waals surface area contributed by atoms with Gasteiger partial charge in [-0.15, -0.1) is 0 Å². The summed E-state index contributed by atoms with van der Waals surface area (Å²) in [6.45, 7) is 3.53. The van der Waals surface area contributed by atoms with Crippen LogP contribution < -0.4 is 5.73 Å². The number of hydrogen-bond acceptors (Lipinski definition) is 4. The lowest BCUT2D eigenvalue weighted by Gasteiger charge is -2.12. The molecule has 1 aliphatic rings. The van der Waals surface area contributed by atoms with Crippen LogP contribution in [0.1, 0.15) is 39.0 Å². The van der Waals surface area contributed by atoms with Gasteiger partial charge in [-0.05, 0) is 32.1 Å². The van der Waals surface area contributed by atoms with Gasteiger partial charge < -0.3 is 15.2 Å². The summed E-state index contributed by atoms with van der Waals surface area (Å²) in [5.41, 5.74) is 5.64. The Morgan fingerprint density at radius 3 is 2.75 bits per heavy atom. The molecule has 4 heteroatoms. The van der Waals surface area contributed by atoms with Crippen molar-refractivity contribution in [3.05, 3.63) is 0 Å². The molecule has 94 valence electrons. The van der Waals surface area contributed by atoms with Gasteiger partial charge in [0.05, 0.1) is 6.61 Å². The molecule has 0 bridgehead atoms. The molecule has 0 heterocycles. The van der Waals surface area contributed by atoms with E-state index in [2.05, 4.69) is 0 Å². The van der Waals surface area contributed by atoms with Gasteiger partial charge in [-0.1, -0.05) is 12.8 Å². The molecular formula is C12H23NO3. The van der Waals surface area contributed by atoms with Crippen molar-refractivity contribution in [3.63, 3.8) is 0 Å². The molecule has 0 aromatic rings. The average molecular weight is 229 g/mol. The summed E-state index contributed by atoms with van der Waals surface area (Å²) in [6.07, 6.45) is 5.77. The van der Waals surface area contributed by atoms with Gasteiger partial charge in [-0.2, -0.15) is 0 Å². The zero-order valence-corrected chi connectivity index (χ0v) is 10.1. The molecule has 1 fully saturated rings. The van der Waals surface area contributed by atoms with Gasteiger partial charge in [0.15, 0.2) is 0 Å². The first-order chi connectivity index (χ1) is 7.74. The van der Waals surface area contributed by atoms with Crippen molar-refractivity contribution in [2.24, 2.45) is 11.7 Å². The topological polar surface area (TPSA) is 61.5 Å². The minimum absolute atomic E-state index is 0.327. The molecule has 1 unspecified atom stereocenters. The normalized spacial score (nSPS) is 18.6. The van der Waals surface area contributed by atoms with Crippen molar-refractivity contribution in [2.75, 3.05) is 19.8 Å². The van der Waals surface area contributed by atoms with Crippen molar-refractivity contribution in [1.82, 2.24) is 0 Å². The third kappa shape index (κ3) is 4.94. The molecule has 0 aromatic carbocycles. The summed E-state index contributed by atoms with van der Waals surface area (Å²) < 4.78 is 10.3. The number of nitrogens with two attached hydrogens (primary N) is 1. The van der Waals surface area contributed by atoms with Gasteiger partial charge in [0.1, 0.15) is 6.04 Å². The van der Waals surface area contributed by atoms with Crippen molar-refractivity contribution in [3.8, 4) is 0 Å². The molecule has 1 rings (SSSR count). The van der Waals surface area contributed by atoms with Crippen LogP contribution >= 0.6 is 0 Å². The van der Waals surface area contributed by atoms with Gasteiger partial charge in [0.2, 0.25) is 0 Å². The van der Waals surface area contributed by atoms with Crippen LogP contribution in [-0.4, -0.2) is 31.8 Å². The summed E-state index contributed by atoms with van der Waals surface area (Å²) in [7, 11) is 0. The highest BCUT2D eigenvalue weighted by Gasteiger charge is 2.16. The molecule has 0 radical (unpaired) electrons. The van der Waals surface area contributed by atoms with Crippen molar-refractivity contribution >= 4 is 5.97 Å². The van der Waals surface area contributed by atoms with E-state index < -0.39 is 6.04 Å². The monoisotopic (exact) mass is 229 g/mol. The minimum atomic E-state index is -0.538. The number of rotatable bonds is 7. The molecule has 1 saturated carbocycles. The first-order valence-corrected chi connectivity index (χ1v) is 6.24. The average Bonchev–Trinajstić information content (AvgIpc) is 2.77. The fourth-order valence-corrected chi connectivity index (χ4v) is 2.00. The molecular weight excluding hydrogens is 206 g/mol. The summed E-state index contributed by atoms with van der Waals surface area (Å²) >= 11 is 0. The molecule has 1 aliphatic carbocycles. The van der Waals surface area contributed by atoms with E-state index in [0.717, 1.165) is 12.5 Å². The number of carbonyl (C=O) groups excluding carboxylic acids is 1. The summed E-state index contributed by atoms with van der Waals surface area (Å²) in [5, 5.41) is 0. The molecule has 0 spiro atoms. The standard InChI is InChI=1S/C12H23NO3/c1-2-16-12(14)11(13)7-8-15-9-10-5-3-4-6-10/h10-11H,2-9,13H2,1H3. The second-order valence-electron chi connectivity index (χ2n) is 4.37. The first kappa shape index (κ1) is 13.5. The van der Waals surface area contributed by atoms with E-state index in [1.54, 1.807) is 6.92 Å². The van der Waals surface area contributed by atoms with Gasteiger partial charge in [0.25, 0.3) is 0 Å². The van der Waals surface area contributed by atoms with Gasteiger partial charge >= 0.3 is 5.97 Å². The van der Waals surface area contributed by atoms with E-state index in [4.69, 9.17) is 15.2 Å². The molecule has 0 saturated heterocycles. The predicted octanol–water partition coefficient (Wildman–Crippen LogP) is 1.47. The highest BCUT2D eigenvalue weighted by molar-refractivity contribution is 5.75. The van der Waals surface area contributed by atoms with E-state index in [9.17, 15) is 4.79 Å². The molecule has 4 nitrogen and oxygen atoms in total. The Morgan fingerprint density at radius 2 is 2.12 bits per heavy atom. The molecule has 2 N–H and O–H groups in total. The maximum atomic E-state index is 11.2. The second-order valence-corrected chi connectivity index (χ2v) is 4.37. The van der Waals surface area contributed by atoms with E-state index in [1.165, 1.54) is 25.7 Å². The van der Waals surface area contributed by atoms with Gasteiger partial charge in [0, 0.05) is 13.2 Å². The Morgan fingerprint density at radius 1 is 1.44 bits per heavy atom. The fraction of sp³-hybridized carbons (Fsp3) is 0.917. The molecule has 16 heavy (non-hydrogen) atoms. The van der Waals surface area contributed by atoms with Crippen molar-refractivity contribution in [1.29, 1.82) is 0 Å². The maximum absolute atomic E-state index is 11.2. The number of carbonyl (C=O) groups is 1. The van der Waals surface area contributed by atoms with Crippen LogP contribution in [0.4, 0.5) is 0 Å². The van der Waals surface area contributed by atoms with Crippen molar-refractivity contribution in [2.45, 2.75) is 45.1 Å². The quantitative estimate of drug-likeness (QED) is 0.530. The highest BCUT2D eigenvalue weighted by Crippen LogP contribution is 2.24. The smallest absolute Gasteiger partial charge is 0.322 e. The molecule has 0 aliphatic heterocycles. The van der Waals surface area contributed by atoms with Crippen LogP contribution in [0.5, 0.6) is 0 Å². The Balaban J connectivity index is 1.99. The van der Waals surface area contributed by atoms with Crippen LogP contribution in [0.15, 0.2) is 0 Å². The summed E-state index contributed by atoms with van der Waals surface area (Å²) in [6, 6.07) is -0.538. The van der Waals surface area contributed by atoms with E-state index in [1.807, 2.05) is 0 Å². The molecule has 1 atom stereocenters. The Kier molecular flexibility index (Phi) is 6.42. The number of ether oxygens (including phenoxy) is 2. The van der Waals surface area contributed by atoms with Crippen LogP contribution in [0.2, 0.25) is 0 Å². The SMILES string of the molecule is CCOC(=O)C(N)CCOCC1CCCC1. The lowest BCUT2D eigenvalue weighted by atomic mass is 10.1. The summed E-state index contributed by atoms with van der Waals surface area (Å²) in [4.78, 5) is 11.2. The van der Waals surface area contributed by atoms with Gasteiger partial charge in [-0.25, -0.2) is 0 Å². The minimum Gasteiger partial charge on any atom is -0.465 e. The molecule has 0 amide bonds. The Bertz CT molecular complexity index is 202. The zero-order valence-electron chi connectivity index (χ0n) is 10.1. The third-order valence-corrected chi connectivity index (χ3v) is 2.99. The van der Waals surface area contributed by atoms with Crippen LogP contribution in [0.3, 0.4) is 0 Å². The van der Waals surface area contributed by atoms with Crippen LogP contribution in [0.25, 0.3) is 0 Å². The lowest BCUT2D eigenvalue weighted by Crippen LogP contribution is -2.33. The number of esters is 1. The fourth-order valence-electron chi connectivity index (χ4n) is 2.00. The third-order valence-electron chi connectivity index (χ3n) is 2.99. The Hall–Kier alpha value is -0.610. The van der Waals surface area contributed by atoms with Crippen LogP contribution in [-0.2, 0) is 14.3 Å². The van der Waals surface area contributed by atoms with E-state index in [0.29, 0.717) is 19.6 Å². The highest BCUT2D eigenvalue weighted by atomic mass is 16.5. The first-order valence-electron chi connectivity index (χ1n) is 6.24. The van der Waals surface area contributed by atoms with Crippen LogP contribution in [0, 0.1) is 5.92 Å². The molecule has 0 aromatic heterocycles. The van der Waals surface area contributed by atoms with E-state index in [-0.39, 0.29) is 5.97 Å². The zero-order chi connectivity index (χ0) is 11.8. The largest absolute Gasteiger partial charge is 0.465 e. The maximum Gasteiger partial charge on any atom is 0.322 e. The summed E-state index contributed by atoms with van der Waals surface area (Å²) in [5.74, 6) is 0.394.